The molecule has 1 saturated heterocycles. The fourth-order valence-electron chi connectivity index (χ4n) is 5.12. The molecule has 0 spiro atoms. The molecular weight excluding hydrogens is 392 g/mol. The summed E-state index contributed by atoms with van der Waals surface area (Å²) in [4.78, 5) is 11.4. The number of hydrogen-bond donors (Lipinski definition) is 1. The zero-order valence-electron chi connectivity index (χ0n) is 20.8. The summed E-state index contributed by atoms with van der Waals surface area (Å²) < 4.78 is 0. The number of rotatable bonds is 12. The van der Waals surface area contributed by atoms with Gasteiger partial charge in [-0.1, -0.05) is 44.1 Å². The van der Waals surface area contributed by atoms with Gasteiger partial charge in [0.2, 0.25) is 0 Å². The summed E-state index contributed by atoms with van der Waals surface area (Å²) in [6.45, 7) is 17.8. The SMILES string of the molecule is C=C/C(=C/C(CC[C@@H]1CCCN1C)=N\CC(=N)/C(CCC)=C(\C)C1CCCCC1=C)N=C. The third-order valence-corrected chi connectivity index (χ3v) is 7.15. The second-order valence-electron chi connectivity index (χ2n) is 9.40. The van der Waals surface area contributed by atoms with E-state index in [1.54, 1.807) is 6.08 Å². The first-order valence-electron chi connectivity index (χ1n) is 12.4. The van der Waals surface area contributed by atoms with Gasteiger partial charge >= 0.3 is 0 Å². The average molecular weight is 437 g/mol. The van der Waals surface area contributed by atoms with E-state index in [9.17, 15) is 0 Å². The van der Waals surface area contributed by atoms with Crippen LogP contribution in [0.1, 0.15) is 78.1 Å². The van der Waals surface area contributed by atoms with Crippen LogP contribution in [0.5, 0.6) is 0 Å². The van der Waals surface area contributed by atoms with Crippen molar-refractivity contribution in [1.82, 2.24) is 4.90 Å². The minimum absolute atomic E-state index is 0.416. The molecule has 2 aliphatic rings. The first kappa shape index (κ1) is 26.2. The van der Waals surface area contributed by atoms with Gasteiger partial charge in [-0.3, -0.25) is 9.98 Å². The monoisotopic (exact) mass is 436 g/mol. The maximum atomic E-state index is 8.88. The predicted molar refractivity (Wildman–Crippen MR) is 141 cm³/mol. The lowest BCUT2D eigenvalue weighted by Crippen LogP contribution is -2.25. The van der Waals surface area contributed by atoms with Crippen molar-refractivity contribution in [3.8, 4) is 0 Å². The van der Waals surface area contributed by atoms with Crippen LogP contribution in [0.25, 0.3) is 0 Å². The fourth-order valence-corrected chi connectivity index (χ4v) is 5.12. The summed E-state index contributed by atoms with van der Waals surface area (Å²) in [5, 5.41) is 8.88. The molecule has 0 aromatic rings. The van der Waals surface area contributed by atoms with Crippen molar-refractivity contribution >= 4 is 18.1 Å². The molecule has 1 N–H and O–H groups in total. The van der Waals surface area contributed by atoms with Crippen molar-refractivity contribution in [3.63, 3.8) is 0 Å². The highest BCUT2D eigenvalue weighted by molar-refractivity contribution is 6.03. The van der Waals surface area contributed by atoms with E-state index in [1.807, 2.05) is 6.08 Å². The average Bonchev–Trinajstić information content (AvgIpc) is 3.21. The maximum absolute atomic E-state index is 8.88. The van der Waals surface area contributed by atoms with E-state index in [2.05, 4.69) is 50.7 Å². The summed E-state index contributed by atoms with van der Waals surface area (Å²) in [6.07, 6.45) is 15.0. The van der Waals surface area contributed by atoms with Crippen molar-refractivity contribution in [3.05, 3.63) is 47.7 Å². The molecule has 4 heteroatoms. The molecule has 1 aliphatic carbocycles. The summed E-state index contributed by atoms with van der Waals surface area (Å²) in [5.41, 5.74) is 6.27. The molecule has 1 heterocycles. The van der Waals surface area contributed by atoms with E-state index >= 15 is 0 Å². The van der Waals surface area contributed by atoms with Crippen LogP contribution < -0.4 is 0 Å². The number of likely N-dealkylation sites (tertiary alicyclic amines) is 1. The van der Waals surface area contributed by atoms with Crippen molar-refractivity contribution < 1.29 is 0 Å². The molecule has 32 heavy (non-hydrogen) atoms. The largest absolute Gasteiger partial charge is 0.303 e. The van der Waals surface area contributed by atoms with Crippen molar-refractivity contribution in [2.24, 2.45) is 15.9 Å². The Morgan fingerprint density at radius 1 is 1.22 bits per heavy atom. The zero-order valence-corrected chi connectivity index (χ0v) is 20.8. The van der Waals surface area contributed by atoms with Gasteiger partial charge in [0, 0.05) is 17.7 Å². The van der Waals surface area contributed by atoms with Crippen LogP contribution in [-0.4, -0.2) is 49.2 Å². The quantitative estimate of drug-likeness (QED) is 0.201. The normalized spacial score (nSPS) is 23.8. The van der Waals surface area contributed by atoms with E-state index < -0.39 is 0 Å². The molecule has 2 fully saturated rings. The van der Waals surface area contributed by atoms with Crippen LogP contribution in [0.3, 0.4) is 0 Å². The lowest BCUT2D eigenvalue weighted by Gasteiger charge is -2.28. The molecule has 4 nitrogen and oxygen atoms in total. The standard InChI is InChI=1S/C28H44N4/c1-7-12-27(22(4)26-15-10-9-13-21(26)3)28(29)20-31-24(19-23(8-2)30-5)16-17-25-14-11-18-32(25)6/h8,19,25-26,29H,2-3,5,7,9-18,20H2,1,4,6H3/b23-19-,27-22+,29-28?,31-24-/t25-,26?/m0/s1. The van der Waals surface area contributed by atoms with Crippen molar-refractivity contribution in [2.45, 2.75) is 84.1 Å². The summed E-state index contributed by atoms with van der Waals surface area (Å²) in [7, 11) is 2.21. The van der Waals surface area contributed by atoms with Gasteiger partial charge in [0.05, 0.1) is 18.0 Å². The summed E-state index contributed by atoms with van der Waals surface area (Å²) >= 11 is 0. The Labute approximate surface area is 196 Å². The number of allylic oxidation sites excluding steroid dienone is 4. The smallest absolute Gasteiger partial charge is 0.0810 e. The van der Waals surface area contributed by atoms with E-state index in [1.165, 1.54) is 55.4 Å². The third kappa shape index (κ3) is 7.51. The van der Waals surface area contributed by atoms with Gasteiger partial charge < -0.3 is 10.3 Å². The highest BCUT2D eigenvalue weighted by Crippen LogP contribution is 2.35. The van der Waals surface area contributed by atoms with Gasteiger partial charge in [-0.15, -0.1) is 0 Å². The Morgan fingerprint density at radius 2 is 2.00 bits per heavy atom. The molecule has 0 bridgehead atoms. The molecule has 2 rings (SSSR count). The van der Waals surface area contributed by atoms with E-state index in [0.29, 0.717) is 24.2 Å². The molecule has 1 aliphatic heterocycles. The molecule has 176 valence electrons. The predicted octanol–water partition coefficient (Wildman–Crippen LogP) is 6.96. The van der Waals surface area contributed by atoms with Gasteiger partial charge in [0.25, 0.3) is 0 Å². The molecular formula is C28H44N4. The zero-order chi connectivity index (χ0) is 23.5. The molecule has 0 aromatic heterocycles. The molecule has 0 amide bonds. The second kappa shape index (κ2) is 13.5. The van der Waals surface area contributed by atoms with Gasteiger partial charge in [-0.05, 0) is 96.3 Å². The first-order chi connectivity index (χ1) is 15.4. The van der Waals surface area contributed by atoms with Gasteiger partial charge in [0.1, 0.15) is 0 Å². The number of nitrogens with one attached hydrogen (secondary N) is 1. The maximum Gasteiger partial charge on any atom is 0.0810 e. The van der Waals surface area contributed by atoms with E-state index in [0.717, 1.165) is 43.5 Å². The van der Waals surface area contributed by atoms with Crippen LogP contribution in [0, 0.1) is 11.3 Å². The minimum Gasteiger partial charge on any atom is -0.303 e. The van der Waals surface area contributed by atoms with Crippen molar-refractivity contribution in [2.75, 3.05) is 20.1 Å². The Kier molecular flexibility index (Phi) is 11.0. The lowest BCUT2D eigenvalue weighted by atomic mass is 9.78. The van der Waals surface area contributed by atoms with Gasteiger partial charge in [-0.25, -0.2) is 0 Å². The lowest BCUT2D eigenvalue weighted by molar-refractivity contribution is 0.300. The fraction of sp³-hybridized carbons (Fsp3) is 0.607. The molecule has 2 atom stereocenters. The molecule has 1 unspecified atom stereocenters. The van der Waals surface area contributed by atoms with Crippen LogP contribution in [0.4, 0.5) is 0 Å². The number of aliphatic imine (C=N–C) groups is 2. The van der Waals surface area contributed by atoms with Crippen LogP contribution in [0.15, 0.2) is 57.7 Å². The molecule has 0 radical (unpaired) electrons. The van der Waals surface area contributed by atoms with Crippen LogP contribution in [-0.2, 0) is 0 Å². The highest BCUT2D eigenvalue weighted by atomic mass is 15.1. The third-order valence-electron chi connectivity index (χ3n) is 7.15. The van der Waals surface area contributed by atoms with Gasteiger partial charge in [-0.2, -0.15) is 0 Å². The minimum atomic E-state index is 0.416. The Hall–Kier alpha value is -2.07. The second-order valence-corrected chi connectivity index (χ2v) is 9.40. The van der Waals surface area contributed by atoms with Crippen LogP contribution in [0.2, 0.25) is 0 Å². The van der Waals surface area contributed by atoms with E-state index in [4.69, 9.17) is 10.4 Å². The van der Waals surface area contributed by atoms with Gasteiger partial charge in [0.15, 0.2) is 0 Å². The summed E-state index contributed by atoms with van der Waals surface area (Å²) in [5.74, 6) is 0.434. The topological polar surface area (TPSA) is 51.8 Å². The van der Waals surface area contributed by atoms with Crippen molar-refractivity contribution in [1.29, 1.82) is 5.41 Å². The number of hydrogen-bond acceptors (Lipinski definition) is 4. The molecule has 1 saturated carbocycles. The van der Waals surface area contributed by atoms with E-state index in [-0.39, 0.29) is 0 Å². The molecule has 0 aromatic carbocycles. The Morgan fingerprint density at radius 3 is 2.59 bits per heavy atom. The Bertz CT molecular complexity index is 773. The Balaban J connectivity index is 2.20. The summed E-state index contributed by atoms with van der Waals surface area (Å²) in [6, 6.07) is 0.618. The first-order valence-corrected chi connectivity index (χ1v) is 12.4. The van der Waals surface area contributed by atoms with Crippen LogP contribution >= 0.6 is 0 Å². The highest BCUT2D eigenvalue weighted by Gasteiger charge is 2.23. The number of nitrogens with zero attached hydrogens (tertiary/aromatic N) is 3.